The molecule has 1 N–H and O–H groups in total. The van der Waals surface area contributed by atoms with Gasteiger partial charge in [-0.15, -0.1) is 11.3 Å². The summed E-state index contributed by atoms with van der Waals surface area (Å²) in [5, 5.41) is 4.32. The lowest BCUT2D eigenvalue weighted by molar-refractivity contribution is -0.121. The van der Waals surface area contributed by atoms with E-state index in [4.69, 9.17) is 0 Å². The number of aromatic nitrogens is 2. The Hall–Kier alpha value is -2.87. The van der Waals surface area contributed by atoms with Crippen LogP contribution in [0, 0.1) is 5.82 Å². The zero-order valence-corrected chi connectivity index (χ0v) is 14.2. The number of amides is 1. The number of halogens is 1. The number of aryl methyl sites for hydroxylation is 1. The quantitative estimate of drug-likeness (QED) is 0.562. The van der Waals surface area contributed by atoms with Gasteiger partial charge in [0, 0.05) is 4.88 Å². The molecule has 128 valence electrons. The zero-order chi connectivity index (χ0) is 17.8. The van der Waals surface area contributed by atoms with Gasteiger partial charge in [0.05, 0.1) is 17.9 Å². The predicted octanol–water partition coefficient (Wildman–Crippen LogP) is 2.31. The molecule has 2 aromatic heterocycles. The third-order valence-electron chi connectivity index (χ3n) is 3.50. The fourth-order valence-corrected chi connectivity index (χ4v) is 3.14. The fourth-order valence-electron chi connectivity index (χ4n) is 2.21. The highest BCUT2D eigenvalue weighted by Gasteiger charge is 2.10. The number of carbonyl (C=O) groups is 1. The molecular formula is C17H15FN4O2S. The predicted molar refractivity (Wildman–Crippen MR) is 95.4 cm³/mol. The van der Waals surface area contributed by atoms with Crippen LogP contribution in [0.15, 0.2) is 46.6 Å². The Bertz CT molecular complexity index is 992. The number of carbonyl (C=O) groups excluding carboxylic acids is 1. The molecule has 0 aliphatic heterocycles. The molecule has 0 aliphatic carbocycles. The number of hydrazone groups is 1. The summed E-state index contributed by atoms with van der Waals surface area (Å²) in [6.07, 6.45) is 3.59. The maximum atomic E-state index is 12.8. The van der Waals surface area contributed by atoms with Gasteiger partial charge in [0.1, 0.15) is 17.2 Å². The summed E-state index contributed by atoms with van der Waals surface area (Å²) in [5.41, 5.74) is 2.73. The molecule has 8 heteroatoms. The van der Waals surface area contributed by atoms with Crippen LogP contribution in [0.25, 0.3) is 10.2 Å². The number of benzene rings is 1. The lowest BCUT2D eigenvalue weighted by Crippen LogP contribution is -2.29. The average molecular weight is 358 g/mol. The van der Waals surface area contributed by atoms with Gasteiger partial charge in [0.15, 0.2) is 0 Å². The molecule has 25 heavy (non-hydrogen) atoms. The summed E-state index contributed by atoms with van der Waals surface area (Å²) in [5.74, 6) is -0.796. The van der Waals surface area contributed by atoms with Crippen LogP contribution >= 0.6 is 11.3 Å². The molecule has 1 aromatic carbocycles. The molecule has 0 spiro atoms. The van der Waals surface area contributed by atoms with Crippen molar-refractivity contribution in [3.63, 3.8) is 0 Å². The Kier molecular flexibility index (Phi) is 4.99. The van der Waals surface area contributed by atoms with Gasteiger partial charge in [-0.1, -0.05) is 19.1 Å². The minimum Gasteiger partial charge on any atom is -0.289 e. The van der Waals surface area contributed by atoms with E-state index in [-0.39, 0.29) is 17.9 Å². The molecule has 0 bridgehead atoms. The number of thiophene rings is 1. The first-order chi connectivity index (χ1) is 12.1. The van der Waals surface area contributed by atoms with Crippen LogP contribution in [0.1, 0.15) is 17.4 Å². The van der Waals surface area contributed by atoms with Crippen molar-refractivity contribution in [3.8, 4) is 0 Å². The molecule has 6 nitrogen and oxygen atoms in total. The minimum atomic E-state index is -0.451. The monoisotopic (exact) mass is 358 g/mol. The van der Waals surface area contributed by atoms with Crippen molar-refractivity contribution < 1.29 is 9.18 Å². The van der Waals surface area contributed by atoms with Crippen molar-refractivity contribution in [3.05, 3.63) is 63.3 Å². The van der Waals surface area contributed by atoms with E-state index in [1.165, 1.54) is 52.7 Å². The number of hydrogen-bond acceptors (Lipinski definition) is 5. The molecule has 0 aliphatic rings. The number of hydrogen-bond donors (Lipinski definition) is 1. The van der Waals surface area contributed by atoms with Crippen molar-refractivity contribution >= 4 is 33.7 Å². The first-order valence-electron chi connectivity index (χ1n) is 7.62. The smallest absolute Gasteiger partial charge is 0.262 e. The van der Waals surface area contributed by atoms with Crippen LogP contribution in [-0.2, 0) is 17.8 Å². The Balaban J connectivity index is 1.68. The second-order valence-corrected chi connectivity index (χ2v) is 6.42. The summed E-state index contributed by atoms with van der Waals surface area (Å²) in [7, 11) is 0. The van der Waals surface area contributed by atoms with Crippen LogP contribution < -0.4 is 11.0 Å². The molecule has 0 unspecified atom stereocenters. The highest BCUT2D eigenvalue weighted by atomic mass is 32.1. The summed E-state index contributed by atoms with van der Waals surface area (Å²) < 4.78 is 14.0. The third kappa shape index (κ3) is 3.97. The topological polar surface area (TPSA) is 76.3 Å². The van der Waals surface area contributed by atoms with E-state index in [9.17, 15) is 14.0 Å². The molecular weight excluding hydrogens is 343 g/mol. The van der Waals surface area contributed by atoms with Gasteiger partial charge < -0.3 is 0 Å². The largest absolute Gasteiger partial charge is 0.289 e. The van der Waals surface area contributed by atoms with Gasteiger partial charge in [0.2, 0.25) is 0 Å². The van der Waals surface area contributed by atoms with E-state index in [0.717, 1.165) is 11.3 Å². The molecule has 1 amide bonds. The van der Waals surface area contributed by atoms with Gasteiger partial charge >= 0.3 is 0 Å². The number of nitrogens with zero attached hydrogens (tertiary/aromatic N) is 3. The summed E-state index contributed by atoms with van der Waals surface area (Å²) >= 11 is 1.48. The van der Waals surface area contributed by atoms with E-state index in [1.54, 1.807) is 0 Å². The third-order valence-corrected chi connectivity index (χ3v) is 4.69. The normalized spacial score (nSPS) is 11.3. The standard InChI is InChI=1S/C17H15FN4O2S/c1-2-13-7-14-16(25-13)19-10-22(17(14)24)9-15(23)21-20-8-11-3-5-12(18)6-4-11/h3-8,10H,2,9H2,1H3,(H,21,23). The molecule has 0 fully saturated rings. The van der Waals surface area contributed by atoms with Gasteiger partial charge in [-0.3, -0.25) is 14.2 Å². The molecule has 0 saturated carbocycles. The second kappa shape index (κ2) is 7.35. The number of fused-ring (bicyclic) bond motifs is 1. The minimum absolute atomic E-state index is 0.181. The summed E-state index contributed by atoms with van der Waals surface area (Å²) in [6, 6.07) is 7.49. The molecule has 3 aromatic rings. The van der Waals surface area contributed by atoms with E-state index in [1.807, 2.05) is 13.0 Å². The molecule has 3 rings (SSSR count). The van der Waals surface area contributed by atoms with Gasteiger partial charge in [-0.25, -0.2) is 14.8 Å². The van der Waals surface area contributed by atoms with Crippen LogP contribution in [0.3, 0.4) is 0 Å². The van der Waals surface area contributed by atoms with Crippen molar-refractivity contribution in [1.29, 1.82) is 0 Å². The van der Waals surface area contributed by atoms with Gasteiger partial charge in [-0.05, 0) is 30.2 Å². The SMILES string of the molecule is CCc1cc2c(=O)n(CC(=O)NN=Cc3ccc(F)cc3)cnc2s1. The van der Waals surface area contributed by atoms with Crippen molar-refractivity contribution in [2.45, 2.75) is 19.9 Å². The van der Waals surface area contributed by atoms with Gasteiger partial charge in [0.25, 0.3) is 11.5 Å². The maximum Gasteiger partial charge on any atom is 0.262 e. The first-order valence-corrected chi connectivity index (χ1v) is 8.44. The van der Waals surface area contributed by atoms with Crippen LogP contribution in [0.4, 0.5) is 4.39 Å². The molecule has 0 radical (unpaired) electrons. The summed E-state index contributed by atoms with van der Waals surface area (Å²) in [6.45, 7) is 1.83. The Morgan fingerprint density at radius 3 is 2.88 bits per heavy atom. The van der Waals surface area contributed by atoms with E-state index < -0.39 is 5.91 Å². The maximum absolute atomic E-state index is 12.8. The summed E-state index contributed by atoms with van der Waals surface area (Å²) in [4.78, 5) is 30.3. The fraction of sp³-hybridized carbons (Fsp3) is 0.176. The molecule has 0 atom stereocenters. The van der Waals surface area contributed by atoms with E-state index in [0.29, 0.717) is 15.8 Å². The molecule has 0 saturated heterocycles. The van der Waals surface area contributed by atoms with Crippen molar-refractivity contribution in [2.75, 3.05) is 0 Å². The number of nitrogens with one attached hydrogen (secondary N) is 1. The van der Waals surface area contributed by atoms with Crippen molar-refractivity contribution in [2.24, 2.45) is 5.10 Å². The number of rotatable bonds is 5. The average Bonchev–Trinajstić information content (AvgIpc) is 3.03. The van der Waals surface area contributed by atoms with Gasteiger partial charge in [-0.2, -0.15) is 5.10 Å². The Labute approximate surface area is 146 Å². The Morgan fingerprint density at radius 2 is 2.16 bits per heavy atom. The Morgan fingerprint density at radius 1 is 1.40 bits per heavy atom. The van der Waals surface area contributed by atoms with Crippen LogP contribution in [0.2, 0.25) is 0 Å². The zero-order valence-electron chi connectivity index (χ0n) is 13.4. The highest BCUT2D eigenvalue weighted by Crippen LogP contribution is 2.20. The lowest BCUT2D eigenvalue weighted by atomic mass is 10.2. The van der Waals surface area contributed by atoms with E-state index in [2.05, 4.69) is 15.5 Å². The lowest BCUT2D eigenvalue weighted by Gasteiger charge is -2.03. The van der Waals surface area contributed by atoms with E-state index >= 15 is 0 Å². The highest BCUT2D eigenvalue weighted by molar-refractivity contribution is 7.18. The van der Waals surface area contributed by atoms with Crippen molar-refractivity contribution in [1.82, 2.24) is 15.0 Å². The van der Waals surface area contributed by atoms with Crippen LogP contribution in [0.5, 0.6) is 0 Å². The second-order valence-electron chi connectivity index (χ2n) is 5.31. The van der Waals surface area contributed by atoms with Crippen LogP contribution in [-0.4, -0.2) is 21.7 Å². The first kappa shape index (κ1) is 17.0. The molecule has 2 heterocycles.